The normalized spacial score (nSPS) is 17.9. The van der Waals surface area contributed by atoms with E-state index in [9.17, 15) is 9.59 Å². The average molecular weight is 354 g/mol. The molecule has 6 nitrogen and oxygen atoms in total. The summed E-state index contributed by atoms with van der Waals surface area (Å²) in [6, 6.07) is 7.85. The zero-order chi connectivity index (χ0) is 17.9. The molecule has 1 aromatic heterocycles. The second-order valence-corrected chi connectivity index (χ2v) is 7.39. The molecular weight excluding hydrogens is 328 g/mol. The highest BCUT2D eigenvalue weighted by Crippen LogP contribution is 2.29. The van der Waals surface area contributed by atoms with Gasteiger partial charge < -0.3 is 14.8 Å². The quantitative estimate of drug-likeness (QED) is 0.897. The molecule has 1 aliphatic carbocycles. The van der Waals surface area contributed by atoms with Gasteiger partial charge in [0.2, 0.25) is 11.8 Å². The van der Waals surface area contributed by atoms with E-state index in [1.54, 1.807) is 0 Å². The van der Waals surface area contributed by atoms with E-state index in [-0.39, 0.29) is 24.3 Å². The number of amides is 2. The van der Waals surface area contributed by atoms with Gasteiger partial charge in [0, 0.05) is 19.0 Å². The first kappa shape index (κ1) is 17.1. The number of hydrogen-bond donors (Lipinski definition) is 1. The third-order valence-electron chi connectivity index (χ3n) is 5.35. The Morgan fingerprint density at radius 1 is 1.08 bits per heavy atom. The number of nitrogens with one attached hydrogen (secondary N) is 1. The van der Waals surface area contributed by atoms with Gasteiger partial charge in [-0.1, -0.05) is 25.0 Å². The molecule has 1 aliphatic heterocycles. The summed E-state index contributed by atoms with van der Waals surface area (Å²) in [4.78, 5) is 31.5. The van der Waals surface area contributed by atoms with E-state index in [0.717, 1.165) is 55.6 Å². The molecule has 2 fully saturated rings. The minimum Gasteiger partial charge on any atom is -0.349 e. The summed E-state index contributed by atoms with van der Waals surface area (Å²) in [5.74, 6) is 1.17. The van der Waals surface area contributed by atoms with Crippen molar-refractivity contribution in [1.29, 1.82) is 0 Å². The maximum atomic E-state index is 12.9. The van der Waals surface area contributed by atoms with Crippen LogP contribution in [0.25, 0.3) is 11.0 Å². The summed E-state index contributed by atoms with van der Waals surface area (Å²) in [5.41, 5.74) is 1.82. The molecule has 2 heterocycles. The average Bonchev–Trinajstić information content (AvgIpc) is 3.47. The van der Waals surface area contributed by atoms with Crippen LogP contribution >= 0.6 is 0 Å². The van der Waals surface area contributed by atoms with Gasteiger partial charge in [-0.15, -0.1) is 0 Å². The van der Waals surface area contributed by atoms with Crippen LogP contribution in [-0.4, -0.2) is 39.4 Å². The summed E-state index contributed by atoms with van der Waals surface area (Å²) in [5, 5.41) is 2.98. The second kappa shape index (κ2) is 7.48. The molecule has 4 rings (SSSR count). The van der Waals surface area contributed by atoms with E-state index >= 15 is 0 Å². The molecule has 0 bridgehead atoms. The van der Waals surface area contributed by atoms with Crippen LogP contribution in [0, 0.1) is 5.92 Å². The fourth-order valence-corrected chi connectivity index (χ4v) is 3.65. The third kappa shape index (κ3) is 3.74. The van der Waals surface area contributed by atoms with Crippen LogP contribution in [0.1, 0.15) is 44.3 Å². The van der Waals surface area contributed by atoms with Crippen LogP contribution in [0.4, 0.5) is 0 Å². The lowest BCUT2D eigenvalue weighted by molar-refractivity contribution is -0.131. The molecule has 1 saturated heterocycles. The summed E-state index contributed by atoms with van der Waals surface area (Å²) in [6.45, 7) is 2.35. The molecule has 0 atom stereocenters. The number of rotatable bonds is 5. The summed E-state index contributed by atoms with van der Waals surface area (Å²) in [7, 11) is 0. The molecule has 26 heavy (non-hydrogen) atoms. The van der Waals surface area contributed by atoms with E-state index in [2.05, 4.69) is 10.3 Å². The Hall–Kier alpha value is -2.37. The molecule has 1 saturated carbocycles. The van der Waals surface area contributed by atoms with Crippen molar-refractivity contribution in [3.63, 3.8) is 0 Å². The largest absolute Gasteiger partial charge is 0.349 e. The van der Waals surface area contributed by atoms with E-state index in [1.165, 1.54) is 12.8 Å². The third-order valence-corrected chi connectivity index (χ3v) is 5.35. The van der Waals surface area contributed by atoms with Crippen LogP contribution in [0.5, 0.6) is 0 Å². The first-order valence-electron chi connectivity index (χ1n) is 9.72. The molecule has 1 N–H and O–H groups in total. The Morgan fingerprint density at radius 2 is 1.81 bits per heavy atom. The van der Waals surface area contributed by atoms with Gasteiger partial charge in [0.15, 0.2) is 0 Å². The Labute approximate surface area is 153 Å². The Balaban J connectivity index is 1.54. The summed E-state index contributed by atoms with van der Waals surface area (Å²) in [6.07, 6.45) is 6.54. The van der Waals surface area contributed by atoms with Crippen LogP contribution in [-0.2, 0) is 22.7 Å². The predicted octanol–water partition coefficient (Wildman–Crippen LogP) is 2.47. The van der Waals surface area contributed by atoms with Gasteiger partial charge in [0.1, 0.15) is 12.4 Å². The molecular formula is C20H26N4O2. The number of carbonyl (C=O) groups is 2. The van der Waals surface area contributed by atoms with Crippen molar-refractivity contribution in [2.75, 3.05) is 13.1 Å². The highest BCUT2D eigenvalue weighted by molar-refractivity contribution is 5.82. The van der Waals surface area contributed by atoms with Crippen LogP contribution in [0.2, 0.25) is 0 Å². The van der Waals surface area contributed by atoms with Gasteiger partial charge in [-0.05, 0) is 37.8 Å². The lowest BCUT2D eigenvalue weighted by Crippen LogP contribution is -2.35. The minimum absolute atomic E-state index is 0.0995. The molecule has 0 unspecified atom stereocenters. The highest BCUT2D eigenvalue weighted by atomic mass is 16.2. The smallest absolute Gasteiger partial charge is 0.242 e. The van der Waals surface area contributed by atoms with Crippen molar-refractivity contribution in [2.24, 2.45) is 5.92 Å². The number of benzene rings is 1. The monoisotopic (exact) mass is 354 g/mol. The zero-order valence-corrected chi connectivity index (χ0v) is 15.1. The number of aromatic nitrogens is 2. The maximum absolute atomic E-state index is 12.9. The number of para-hydroxylation sites is 2. The number of hydrogen-bond acceptors (Lipinski definition) is 3. The molecule has 0 radical (unpaired) electrons. The summed E-state index contributed by atoms with van der Waals surface area (Å²) < 4.78 is 1.97. The predicted molar refractivity (Wildman–Crippen MR) is 99.4 cm³/mol. The molecule has 2 amide bonds. The van der Waals surface area contributed by atoms with E-state index in [1.807, 2.05) is 33.7 Å². The van der Waals surface area contributed by atoms with Crippen molar-refractivity contribution in [3.8, 4) is 0 Å². The standard InChI is InChI=1S/C20H26N4O2/c25-19(23-11-5-1-2-6-12-23)14-24-17-8-4-3-7-16(17)22-18(24)13-21-20(26)15-9-10-15/h3-4,7-8,15H,1-2,5-6,9-14H2,(H,21,26). The summed E-state index contributed by atoms with van der Waals surface area (Å²) >= 11 is 0. The second-order valence-electron chi connectivity index (χ2n) is 7.39. The van der Waals surface area contributed by atoms with Crippen LogP contribution < -0.4 is 5.32 Å². The Bertz CT molecular complexity index is 801. The number of carbonyl (C=O) groups excluding carboxylic acids is 2. The lowest BCUT2D eigenvalue weighted by atomic mass is 10.2. The lowest BCUT2D eigenvalue weighted by Gasteiger charge is -2.21. The SMILES string of the molecule is O=C(NCc1nc2ccccc2n1CC(=O)N1CCCCCC1)C1CC1. The van der Waals surface area contributed by atoms with Crippen molar-refractivity contribution in [1.82, 2.24) is 19.8 Å². The first-order chi connectivity index (χ1) is 12.7. The topological polar surface area (TPSA) is 67.2 Å². The fourth-order valence-electron chi connectivity index (χ4n) is 3.65. The minimum atomic E-state index is 0.0995. The van der Waals surface area contributed by atoms with Crippen molar-refractivity contribution >= 4 is 22.8 Å². The van der Waals surface area contributed by atoms with Crippen molar-refractivity contribution < 1.29 is 9.59 Å². The van der Waals surface area contributed by atoms with Gasteiger partial charge in [-0.3, -0.25) is 9.59 Å². The van der Waals surface area contributed by atoms with Gasteiger partial charge in [0.05, 0.1) is 17.6 Å². The van der Waals surface area contributed by atoms with Crippen LogP contribution in [0.3, 0.4) is 0 Å². The number of likely N-dealkylation sites (tertiary alicyclic amines) is 1. The van der Waals surface area contributed by atoms with Gasteiger partial charge >= 0.3 is 0 Å². The van der Waals surface area contributed by atoms with Gasteiger partial charge in [0.25, 0.3) is 0 Å². The zero-order valence-electron chi connectivity index (χ0n) is 15.1. The van der Waals surface area contributed by atoms with Crippen molar-refractivity contribution in [2.45, 2.75) is 51.6 Å². The Morgan fingerprint density at radius 3 is 2.54 bits per heavy atom. The fraction of sp³-hybridized carbons (Fsp3) is 0.550. The molecule has 0 spiro atoms. The molecule has 2 aromatic rings. The number of nitrogens with zero attached hydrogens (tertiary/aromatic N) is 3. The molecule has 6 heteroatoms. The van der Waals surface area contributed by atoms with Crippen molar-refractivity contribution in [3.05, 3.63) is 30.1 Å². The van der Waals surface area contributed by atoms with Gasteiger partial charge in [-0.2, -0.15) is 0 Å². The highest BCUT2D eigenvalue weighted by Gasteiger charge is 2.29. The first-order valence-corrected chi connectivity index (χ1v) is 9.72. The van der Waals surface area contributed by atoms with E-state index < -0.39 is 0 Å². The molecule has 1 aromatic carbocycles. The number of fused-ring (bicyclic) bond motifs is 1. The van der Waals surface area contributed by atoms with E-state index in [0.29, 0.717) is 6.54 Å². The number of imidazole rings is 1. The molecule has 2 aliphatic rings. The maximum Gasteiger partial charge on any atom is 0.242 e. The van der Waals surface area contributed by atoms with Crippen LogP contribution in [0.15, 0.2) is 24.3 Å². The Kier molecular flexibility index (Phi) is 4.91. The van der Waals surface area contributed by atoms with Gasteiger partial charge in [-0.25, -0.2) is 4.98 Å². The molecule has 138 valence electrons. The van der Waals surface area contributed by atoms with E-state index in [4.69, 9.17) is 0 Å².